The molecule has 0 aliphatic heterocycles. The first kappa shape index (κ1) is 17.1. The van der Waals surface area contributed by atoms with E-state index in [1.807, 2.05) is 25.1 Å². The maximum Gasteiger partial charge on any atom is 0.227 e. The van der Waals surface area contributed by atoms with Crippen molar-refractivity contribution in [3.8, 4) is 0 Å². The summed E-state index contributed by atoms with van der Waals surface area (Å²) in [6, 6.07) is 9.16. The number of likely N-dealkylation sites (N-methyl/N-ethyl adjacent to an activating group) is 1. The van der Waals surface area contributed by atoms with Gasteiger partial charge in [-0.05, 0) is 43.2 Å². The quantitative estimate of drug-likeness (QED) is 0.683. The lowest BCUT2D eigenvalue weighted by atomic mass is 10.0. The highest BCUT2D eigenvalue weighted by Crippen LogP contribution is 2.25. The van der Waals surface area contributed by atoms with E-state index in [1.54, 1.807) is 20.2 Å². The molecule has 130 valence electrons. The number of furan rings is 1. The lowest BCUT2D eigenvalue weighted by molar-refractivity contribution is -0.131. The third-order valence-electron chi connectivity index (χ3n) is 4.55. The van der Waals surface area contributed by atoms with Crippen molar-refractivity contribution in [2.45, 2.75) is 26.3 Å². The molecular formula is C20H19F2NO2. The number of aryl methyl sites for hydroxylation is 1. The van der Waals surface area contributed by atoms with E-state index in [1.165, 1.54) is 11.0 Å². The van der Waals surface area contributed by atoms with Gasteiger partial charge in [-0.15, -0.1) is 0 Å². The van der Waals surface area contributed by atoms with Crippen LogP contribution in [0.2, 0.25) is 0 Å². The highest BCUT2D eigenvalue weighted by atomic mass is 19.2. The number of amides is 1. The second-order valence-corrected chi connectivity index (χ2v) is 6.29. The first-order valence-electron chi connectivity index (χ1n) is 8.04. The zero-order valence-corrected chi connectivity index (χ0v) is 14.3. The Morgan fingerprint density at radius 2 is 1.92 bits per heavy atom. The van der Waals surface area contributed by atoms with E-state index >= 15 is 0 Å². The van der Waals surface area contributed by atoms with E-state index in [0.29, 0.717) is 5.56 Å². The molecule has 0 bridgehead atoms. The Hall–Kier alpha value is -2.69. The summed E-state index contributed by atoms with van der Waals surface area (Å²) in [4.78, 5) is 14.1. The number of benzene rings is 2. The molecule has 0 fully saturated rings. The minimum atomic E-state index is -0.915. The van der Waals surface area contributed by atoms with Gasteiger partial charge in [0.1, 0.15) is 5.58 Å². The van der Waals surface area contributed by atoms with Gasteiger partial charge in [0.25, 0.3) is 0 Å². The Morgan fingerprint density at radius 1 is 1.16 bits per heavy atom. The molecule has 3 rings (SSSR count). The average Bonchev–Trinajstić information content (AvgIpc) is 2.97. The van der Waals surface area contributed by atoms with Gasteiger partial charge in [0.05, 0.1) is 18.7 Å². The average molecular weight is 343 g/mol. The van der Waals surface area contributed by atoms with Gasteiger partial charge in [-0.2, -0.15) is 0 Å². The Morgan fingerprint density at radius 3 is 2.64 bits per heavy atom. The van der Waals surface area contributed by atoms with Crippen LogP contribution in [-0.2, 0) is 11.2 Å². The number of carbonyl (C=O) groups excluding carboxylic acids is 1. The molecule has 0 spiro atoms. The van der Waals surface area contributed by atoms with Gasteiger partial charge in [-0.3, -0.25) is 4.79 Å². The van der Waals surface area contributed by atoms with Crippen LogP contribution < -0.4 is 0 Å². The molecule has 3 nitrogen and oxygen atoms in total. The number of fused-ring (bicyclic) bond motifs is 1. The SMILES string of the molecule is Cc1ccc2c(CC(=O)N(C)C(C)c3ccc(F)c(F)c3)coc2c1. The topological polar surface area (TPSA) is 33.5 Å². The molecule has 5 heteroatoms. The maximum absolute atomic E-state index is 13.4. The second kappa shape index (κ2) is 6.67. The standard InChI is InChI=1S/C20H19F2NO2/c1-12-4-6-16-15(11-25-19(16)8-12)10-20(24)23(3)13(2)14-5-7-17(21)18(22)9-14/h4-9,11,13H,10H2,1-3H3. The molecule has 0 aliphatic rings. The lowest BCUT2D eigenvalue weighted by Gasteiger charge is -2.25. The smallest absolute Gasteiger partial charge is 0.227 e. The minimum absolute atomic E-state index is 0.125. The zero-order chi connectivity index (χ0) is 18.1. The number of carbonyl (C=O) groups is 1. The Balaban J connectivity index is 1.78. The van der Waals surface area contributed by atoms with Gasteiger partial charge >= 0.3 is 0 Å². The predicted octanol–water partition coefficient (Wildman–Crippen LogP) is 4.78. The molecule has 1 unspecified atom stereocenters. The minimum Gasteiger partial charge on any atom is -0.464 e. The van der Waals surface area contributed by atoms with Crippen LogP contribution in [-0.4, -0.2) is 17.9 Å². The summed E-state index contributed by atoms with van der Waals surface area (Å²) in [6.07, 6.45) is 1.78. The van der Waals surface area contributed by atoms with E-state index in [-0.39, 0.29) is 18.4 Å². The van der Waals surface area contributed by atoms with Gasteiger partial charge in [0, 0.05) is 18.0 Å². The molecule has 0 radical (unpaired) electrons. The van der Waals surface area contributed by atoms with E-state index in [2.05, 4.69) is 0 Å². The van der Waals surface area contributed by atoms with Crippen molar-refractivity contribution >= 4 is 16.9 Å². The van der Waals surface area contributed by atoms with E-state index in [9.17, 15) is 13.6 Å². The van der Waals surface area contributed by atoms with Crippen LogP contribution in [0.1, 0.15) is 29.7 Å². The fraction of sp³-hybridized carbons (Fsp3) is 0.250. The van der Waals surface area contributed by atoms with Gasteiger partial charge in [-0.25, -0.2) is 8.78 Å². The molecule has 25 heavy (non-hydrogen) atoms. The molecule has 3 aromatic rings. The van der Waals surface area contributed by atoms with Gasteiger partial charge in [0.2, 0.25) is 5.91 Å². The summed E-state index contributed by atoms with van der Waals surface area (Å²) in [5.41, 5.74) is 3.19. The third kappa shape index (κ3) is 3.40. The zero-order valence-electron chi connectivity index (χ0n) is 14.3. The van der Waals surface area contributed by atoms with Gasteiger partial charge in [-0.1, -0.05) is 18.2 Å². The number of rotatable bonds is 4. The molecular weight excluding hydrogens is 324 g/mol. The molecule has 2 aromatic carbocycles. The van der Waals surface area contributed by atoms with Crippen molar-refractivity contribution in [1.82, 2.24) is 4.90 Å². The maximum atomic E-state index is 13.4. The van der Waals surface area contributed by atoms with Crippen molar-refractivity contribution < 1.29 is 18.0 Å². The Kier molecular flexibility index (Phi) is 4.57. The Bertz CT molecular complexity index is 933. The third-order valence-corrected chi connectivity index (χ3v) is 4.55. The molecule has 1 aromatic heterocycles. The van der Waals surface area contributed by atoms with E-state index in [4.69, 9.17) is 4.42 Å². The first-order valence-corrected chi connectivity index (χ1v) is 8.04. The molecule has 0 saturated carbocycles. The second-order valence-electron chi connectivity index (χ2n) is 6.29. The van der Waals surface area contributed by atoms with Gasteiger partial charge < -0.3 is 9.32 Å². The molecule has 0 aliphatic carbocycles. The van der Waals surface area contributed by atoms with Crippen molar-refractivity contribution in [1.29, 1.82) is 0 Å². The summed E-state index contributed by atoms with van der Waals surface area (Å²) in [5.74, 6) is -1.94. The van der Waals surface area contributed by atoms with Crippen molar-refractivity contribution in [2.24, 2.45) is 0 Å². The van der Waals surface area contributed by atoms with Crippen molar-refractivity contribution in [3.05, 3.63) is 71.0 Å². The summed E-state index contributed by atoms with van der Waals surface area (Å²) in [7, 11) is 1.65. The molecule has 0 N–H and O–H groups in total. The predicted molar refractivity (Wildman–Crippen MR) is 92.2 cm³/mol. The summed E-state index contributed by atoms with van der Waals surface area (Å²) >= 11 is 0. The summed E-state index contributed by atoms with van der Waals surface area (Å²) in [5, 5.41) is 0.910. The monoisotopic (exact) mass is 343 g/mol. The van der Waals surface area contributed by atoms with E-state index < -0.39 is 11.6 Å². The first-order chi connectivity index (χ1) is 11.9. The number of halogens is 2. The van der Waals surface area contributed by atoms with Crippen molar-refractivity contribution in [3.63, 3.8) is 0 Å². The van der Waals surface area contributed by atoms with Gasteiger partial charge in [0.15, 0.2) is 11.6 Å². The van der Waals surface area contributed by atoms with E-state index in [0.717, 1.165) is 34.2 Å². The largest absolute Gasteiger partial charge is 0.464 e. The fourth-order valence-corrected chi connectivity index (χ4v) is 2.83. The fourth-order valence-electron chi connectivity index (χ4n) is 2.83. The molecule has 1 heterocycles. The van der Waals surface area contributed by atoms with Crippen LogP contribution in [0.15, 0.2) is 47.1 Å². The van der Waals surface area contributed by atoms with Crippen LogP contribution in [0.3, 0.4) is 0 Å². The summed E-state index contributed by atoms with van der Waals surface area (Å²) in [6.45, 7) is 3.76. The molecule has 1 amide bonds. The van der Waals surface area contributed by atoms with Crippen LogP contribution in [0, 0.1) is 18.6 Å². The Labute approximate surface area is 144 Å². The van der Waals surface area contributed by atoms with Crippen molar-refractivity contribution in [2.75, 3.05) is 7.05 Å². The summed E-state index contributed by atoms with van der Waals surface area (Å²) < 4.78 is 32.0. The van der Waals surface area contributed by atoms with Crippen LogP contribution in [0.25, 0.3) is 11.0 Å². The highest BCUT2D eigenvalue weighted by molar-refractivity contribution is 5.88. The number of nitrogens with zero attached hydrogens (tertiary/aromatic N) is 1. The van der Waals surface area contributed by atoms with Crippen LogP contribution in [0.5, 0.6) is 0 Å². The lowest BCUT2D eigenvalue weighted by Crippen LogP contribution is -2.31. The number of hydrogen-bond donors (Lipinski definition) is 0. The highest BCUT2D eigenvalue weighted by Gasteiger charge is 2.20. The molecule has 0 saturated heterocycles. The molecule has 1 atom stereocenters. The van der Waals surface area contributed by atoms with Crippen LogP contribution >= 0.6 is 0 Å². The normalized spacial score (nSPS) is 12.4. The van der Waals surface area contributed by atoms with Crippen LogP contribution in [0.4, 0.5) is 8.78 Å². The number of hydrogen-bond acceptors (Lipinski definition) is 2.